The molecule has 0 saturated heterocycles. The average molecular weight is 293 g/mol. The molecule has 0 radical (unpaired) electrons. The fourth-order valence-corrected chi connectivity index (χ4v) is 2.29. The minimum Gasteiger partial charge on any atom is -0.495 e. The van der Waals surface area contributed by atoms with Crippen LogP contribution in [-0.2, 0) is 0 Å². The van der Waals surface area contributed by atoms with Gasteiger partial charge in [0.2, 0.25) is 0 Å². The van der Waals surface area contributed by atoms with Gasteiger partial charge in [0.25, 0.3) is 0 Å². The molecule has 0 fully saturated rings. The third kappa shape index (κ3) is 6.49. The third-order valence-corrected chi connectivity index (χ3v) is 3.23. The van der Waals surface area contributed by atoms with Crippen molar-refractivity contribution >= 4 is 11.6 Å². The lowest BCUT2D eigenvalue weighted by atomic mass is 9.94. The van der Waals surface area contributed by atoms with Gasteiger partial charge in [-0.05, 0) is 36.8 Å². The maximum Gasteiger partial charge on any atom is 0.193 e. The van der Waals surface area contributed by atoms with Crippen LogP contribution in [0.15, 0.2) is 29.3 Å². The zero-order chi connectivity index (χ0) is 15.7. The number of nitrogens with one attached hydrogen (secondary N) is 1. The summed E-state index contributed by atoms with van der Waals surface area (Å²) in [7, 11) is 1.62. The normalized spacial score (nSPS) is 13.3. The van der Waals surface area contributed by atoms with Crippen LogP contribution in [0.3, 0.4) is 0 Å². The van der Waals surface area contributed by atoms with Gasteiger partial charge in [0.15, 0.2) is 5.96 Å². The van der Waals surface area contributed by atoms with Crippen LogP contribution in [0.25, 0.3) is 0 Å². The Labute approximate surface area is 127 Å². The number of para-hydroxylation sites is 2. The van der Waals surface area contributed by atoms with Crippen LogP contribution in [-0.4, -0.2) is 31.3 Å². The number of guanidine groups is 1. The molecule has 5 nitrogen and oxygen atoms in total. The van der Waals surface area contributed by atoms with Crippen LogP contribution >= 0.6 is 0 Å². The summed E-state index contributed by atoms with van der Waals surface area (Å²) in [5, 5.41) is 12.2. The zero-order valence-electron chi connectivity index (χ0n) is 13.2. The molecule has 0 aliphatic carbocycles. The van der Waals surface area contributed by atoms with Crippen LogP contribution in [0.4, 0.5) is 5.69 Å². The third-order valence-electron chi connectivity index (χ3n) is 3.23. The summed E-state index contributed by atoms with van der Waals surface area (Å²) < 4.78 is 5.26. The van der Waals surface area contributed by atoms with E-state index in [9.17, 15) is 0 Å². The van der Waals surface area contributed by atoms with E-state index >= 15 is 0 Å². The van der Waals surface area contributed by atoms with E-state index in [0.717, 1.165) is 24.3 Å². The van der Waals surface area contributed by atoms with Crippen molar-refractivity contribution < 1.29 is 9.84 Å². The number of aliphatic imine (C=N–C) groups is 1. The standard InChI is InChI=1S/C16H27N3O2/c1-12(2)10-13(8-9-20)11-18-16(17)19-14-6-4-5-7-15(14)21-3/h4-7,12-13,20H,8-11H2,1-3H3,(H3,17,18,19). The molecule has 1 unspecified atom stereocenters. The van der Waals surface area contributed by atoms with Gasteiger partial charge in [-0.15, -0.1) is 0 Å². The molecular weight excluding hydrogens is 266 g/mol. The molecule has 1 atom stereocenters. The SMILES string of the molecule is COc1ccccc1NC(N)=NCC(CCO)CC(C)C. The second-order valence-corrected chi connectivity index (χ2v) is 5.56. The molecule has 0 aliphatic heterocycles. The Morgan fingerprint density at radius 1 is 1.38 bits per heavy atom. The smallest absolute Gasteiger partial charge is 0.193 e. The fourth-order valence-electron chi connectivity index (χ4n) is 2.29. The predicted octanol–water partition coefficient (Wildman–Crippen LogP) is 2.47. The van der Waals surface area contributed by atoms with Gasteiger partial charge in [-0.25, -0.2) is 0 Å². The Morgan fingerprint density at radius 3 is 2.71 bits per heavy atom. The Bertz CT molecular complexity index is 447. The van der Waals surface area contributed by atoms with Gasteiger partial charge in [0, 0.05) is 13.2 Å². The van der Waals surface area contributed by atoms with Crippen LogP contribution in [0.1, 0.15) is 26.7 Å². The van der Waals surface area contributed by atoms with Crippen LogP contribution in [0.5, 0.6) is 5.75 Å². The lowest BCUT2D eigenvalue weighted by Crippen LogP contribution is -2.24. The minimum absolute atomic E-state index is 0.187. The van der Waals surface area contributed by atoms with E-state index in [1.165, 1.54) is 0 Å². The summed E-state index contributed by atoms with van der Waals surface area (Å²) >= 11 is 0. The highest BCUT2D eigenvalue weighted by molar-refractivity contribution is 5.93. The minimum atomic E-state index is 0.187. The maximum absolute atomic E-state index is 9.11. The Balaban J connectivity index is 2.62. The molecule has 118 valence electrons. The number of benzene rings is 1. The molecule has 0 aromatic heterocycles. The van der Waals surface area contributed by atoms with Gasteiger partial charge in [-0.2, -0.15) is 0 Å². The van der Waals surface area contributed by atoms with Gasteiger partial charge in [-0.3, -0.25) is 4.99 Å². The van der Waals surface area contributed by atoms with E-state index in [0.29, 0.717) is 24.3 Å². The first-order chi connectivity index (χ1) is 10.1. The summed E-state index contributed by atoms with van der Waals surface area (Å²) in [6, 6.07) is 7.56. The van der Waals surface area contributed by atoms with Gasteiger partial charge in [0.1, 0.15) is 5.75 Å². The number of ether oxygens (including phenoxy) is 1. The predicted molar refractivity (Wildman–Crippen MR) is 87.8 cm³/mol. The van der Waals surface area contributed by atoms with E-state index in [4.69, 9.17) is 15.6 Å². The average Bonchev–Trinajstić information content (AvgIpc) is 2.45. The van der Waals surface area contributed by atoms with Crippen molar-refractivity contribution in [1.29, 1.82) is 0 Å². The highest BCUT2D eigenvalue weighted by Crippen LogP contribution is 2.22. The quantitative estimate of drug-likeness (QED) is 0.508. The van der Waals surface area contributed by atoms with E-state index < -0.39 is 0 Å². The number of aliphatic hydroxyl groups is 1. The number of nitrogens with two attached hydrogens (primary N) is 1. The molecule has 0 saturated carbocycles. The zero-order valence-corrected chi connectivity index (χ0v) is 13.2. The molecule has 0 spiro atoms. The summed E-state index contributed by atoms with van der Waals surface area (Å²) in [6.07, 6.45) is 1.79. The lowest BCUT2D eigenvalue weighted by molar-refractivity contribution is 0.246. The molecule has 1 aromatic carbocycles. The first kappa shape index (κ1) is 17.3. The van der Waals surface area contributed by atoms with Crippen LogP contribution in [0.2, 0.25) is 0 Å². The summed E-state index contributed by atoms with van der Waals surface area (Å²) in [4.78, 5) is 4.38. The van der Waals surface area contributed by atoms with Crippen molar-refractivity contribution in [3.8, 4) is 5.75 Å². The van der Waals surface area contributed by atoms with Crippen molar-refractivity contribution in [1.82, 2.24) is 0 Å². The summed E-state index contributed by atoms with van der Waals surface area (Å²) in [5.74, 6) is 2.03. The largest absolute Gasteiger partial charge is 0.495 e. The molecule has 4 N–H and O–H groups in total. The van der Waals surface area contributed by atoms with Gasteiger partial charge >= 0.3 is 0 Å². The molecular formula is C16H27N3O2. The van der Waals surface area contributed by atoms with Gasteiger partial charge in [-0.1, -0.05) is 26.0 Å². The highest BCUT2D eigenvalue weighted by atomic mass is 16.5. The number of hydrogen-bond donors (Lipinski definition) is 3. The summed E-state index contributed by atoms with van der Waals surface area (Å²) in [6.45, 7) is 5.15. The molecule has 5 heteroatoms. The van der Waals surface area contributed by atoms with Gasteiger partial charge in [0.05, 0.1) is 12.8 Å². The maximum atomic E-state index is 9.11. The van der Waals surface area contributed by atoms with Crippen molar-refractivity contribution in [3.05, 3.63) is 24.3 Å². The van der Waals surface area contributed by atoms with Crippen molar-refractivity contribution in [2.75, 3.05) is 25.6 Å². The molecule has 1 aromatic rings. The van der Waals surface area contributed by atoms with E-state index in [1.807, 2.05) is 24.3 Å². The molecule has 0 amide bonds. The van der Waals surface area contributed by atoms with E-state index in [-0.39, 0.29) is 6.61 Å². The van der Waals surface area contributed by atoms with Crippen molar-refractivity contribution in [2.45, 2.75) is 26.7 Å². The second kappa shape index (κ2) is 9.23. The van der Waals surface area contributed by atoms with E-state index in [2.05, 4.69) is 24.2 Å². The van der Waals surface area contributed by atoms with Crippen molar-refractivity contribution in [3.63, 3.8) is 0 Å². The molecule has 1 rings (SSSR count). The number of methoxy groups -OCH3 is 1. The topological polar surface area (TPSA) is 79.9 Å². The van der Waals surface area contributed by atoms with Crippen LogP contribution in [0, 0.1) is 11.8 Å². The second-order valence-electron chi connectivity index (χ2n) is 5.56. The summed E-state index contributed by atoms with van der Waals surface area (Å²) in [5.41, 5.74) is 6.72. The molecule has 0 aliphatic rings. The van der Waals surface area contributed by atoms with E-state index in [1.54, 1.807) is 7.11 Å². The van der Waals surface area contributed by atoms with Crippen molar-refractivity contribution in [2.24, 2.45) is 22.6 Å². The Hall–Kier alpha value is -1.75. The van der Waals surface area contributed by atoms with Gasteiger partial charge < -0.3 is 20.9 Å². The molecule has 21 heavy (non-hydrogen) atoms. The monoisotopic (exact) mass is 293 g/mol. The highest BCUT2D eigenvalue weighted by Gasteiger charge is 2.10. The number of hydrogen-bond acceptors (Lipinski definition) is 3. The first-order valence-corrected chi connectivity index (χ1v) is 7.37. The molecule has 0 heterocycles. The van der Waals surface area contributed by atoms with Crippen LogP contribution < -0.4 is 15.8 Å². The number of anilines is 1. The number of rotatable bonds is 8. The Kier molecular flexibility index (Phi) is 7.61. The first-order valence-electron chi connectivity index (χ1n) is 7.37. The Morgan fingerprint density at radius 2 is 2.10 bits per heavy atom. The fraction of sp³-hybridized carbons (Fsp3) is 0.562. The number of nitrogens with zero attached hydrogens (tertiary/aromatic N) is 1. The lowest BCUT2D eigenvalue weighted by Gasteiger charge is -2.16. The number of aliphatic hydroxyl groups excluding tert-OH is 1. The molecule has 0 bridgehead atoms.